The average Bonchev–Trinajstić information content (AvgIpc) is 3.11. The topological polar surface area (TPSA) is 128 Å². The SMILES string of the molecule is NC(=O)[C@@H](Nc1cncc(F)c1CC[C@@H]1CN[C@H](COC(=O)NC(CC(F)(F)F)c2ccc(F)cc2)CO1)C(c1ccc(F)cc1)c1ccc(F)cc1. The zero-order valence-electron chi connectivity index (χ0n) is 28.0. The molecule has 1 saturated heterocycles. The summed E-state index contributed by atoms with van der Waals surface area (Å²) in [5.41, 5.74) is 7.25. The fourth-order valence-electron chi connectivity index (χ4n) is 6.05. The van der Waals surface area contributed by atoms with E-state index in [1.807, 2.05) is 0 Å². The summed E-state index contributed by atoms with van der Waals surface area (Å²) in [7, 11) is 0. The second-order valence-electron chi connectivity index (χ2n) is 12.5. The highest BCUT2D eigenvalue weighted by Gasteiger charge is 2.34. The number of anilines is 1. The molecule has 3 aromatic carbocycles. The van der Waals surface area contributed by atoms with Crippen LogP contribution in [0.2, 0.25) is 0 Å². The summed E-state index contributed by atoms with van der Waals surface area (Å²) < 4.78 is 107. The first kappa shape index (κ1) is 39.0. The molecule has 0 spiro atoms. The molecule has 1 unspecified atom stereocenters. The van der Waals surface area contributed by atoms with E-state index in [9.17, 15) is 35.9 Å². The van der Waals surface area contributed by atoms with Crippen LogP contribution in [0.25, 0.3) is 0 Å². The quantitative estimate of drug-likeness (QED) is 0.109. The van der Waals surface area contributed by atoms with Gasteiger partial charge in [-0.2, -0.15) is 13.2 Å². The van der Waals surface area contributed by atoms with Crippen LogP contribution in [0.4, 0.5) is 41.2 Å². The van der Waals surface area contributed by atoms with Gasteiger partial charge in [-0.15, -0.1) is 0 Å². The van der Waals surface area contributed by atoms with Crippen molar-refractivity contribution < 1.29 is 49.8 Å². The number of ether oxygens (including phenoxy) is 2. The van der Waals surface area contributed by atoms with E-state index >= 15 is 4.39 Å². The predicted molar refractivity (Wildman–Crippen MR) is 180 cm³/mol. The molecule has 282 valence electrons. The molecule has 5 N–H and O–H groups in total. The standard InChI is InChI=1S/C37H36F7N5O4/c38-24-7-1-21(2-8-24)31(15-37(42,43)44)49-36(51)53-20-27-19-52-28(16-47-27)13-14-29-30(41)17-46-18-32(29)48-34(35(45)50)33(22-3-9-25(39)10-4-22)23-5-11-26(40)12-6-23/h1-12,17-18,27-28,31,33-34,47-48H,13-16,19-20H2,(H2,45,50)(H,49,51)/t27-,28+,31?,34-/m0/s1. The number of amides is 2. The number of aromatic nitrogens is 1. The van der Waals surface area contributed by atoms with E-state index in [0.717, 1.165) is 30.5 Å². The molecule has 1 aromatic heterocycles. The van der Waals surface area contributed by atoms with Gasteiger partial charge in [-0.3, -0.25) is 9.78 Å². The summed E-state index contributed by atoms with van der Waals surface area (Å²) in [4.78, 5) is 29.3. The lowest BCUT2D eigenvalue weighted by Gasteiger charge is -2.31. The number of pyridine rings is 1. The molecule has 16 heteroatoms. The number of morpholine rings is 1. The number of hydrogen-bond donors (Lipinski definition) is 4. The number of alkyl halides is 3. The molecular weight excluding hydrogens is 711 g/mol. The van der Waals surface area contributed by atoms with Crippen molar-refractivity contribution in [3.63, 3.8) is 0 Å². The van der Waals surface area contributed by atoms with Gasteiger partial charge in [0.05, 0.1) is 49.3 Å². The lowest BCUT2D eigenvalue weighted by atomic mass is 9.84. The van der Waals surface area contributed by atoms with Gasteiger partial charge in [0.25, 0.3) is 0 Å². The van der Waals surface area contributed by atoms with E-state index in [2.05, 4.69) is 20.9 Å². The summed E-state index contributed by atoms with van der Waals surface area (Å²) >= 11 is 0. The molecule has 0 aliphatic carbocycles. The van der Waals surface area contributed by atoms with E-state index in [1.54, 1.807) is 0 Å². The van der Waals surface area contributed by atoms with E-state index < -0.39 is 78.0 Å². The van der Waals surface area contributed by atoms with Crippen molar-refractivity contribution in [3.8, 4) is 0 Å². The van der Waals surface area contributed by atoms with Gasteiger partial charge in [-0.25, -0.2) is 22.4 Å². The first-order valence-corrected chi connectivity index (χ1v) is 16.6. The number of benzene rings is 3. The summed E-state index contributed by atoms with van der Waals surface area (Å²) in [6.45, 7) is 0.0939. The number of nitrogens with one attached hydrogen (secondary N) is 3. The van der Waals surface area contributed by atoms with Crippen LogP contribution in [0.15, 0.2) is 85.2 Å². The van der Waals surface area contributed by atoms with Gasteiger partial charge in [0, 0.05) is 18.0 Å². The fraction of sp³-hybridized carbons (Fsp3) is 0.324. The molecule has 5 rings (SSSR count). The molecule has 1 aliphatic rings. The number of nitrogens with two attached hydrogens (primary N) is 1. The van der Waals surface area contributed by atoms with Gasteiger partial charge in [-0.1, -0.05) is 36.4 Å². The van der Waals surface area contributed by atoms with Crippen molar-refractivity contribution in [2.24, 2.45) is 5.73 Å². The van der Waals surface area contributed by atoms with E-state index in [-0.39, 0.29) is 43.0 Å². The van der Waals surface area contributed by atoms with Gasteiger partial charge in [0.15, 0.2) is 0 Å². The van der Waals surface area contributed by atoms with Crippen LogP contribution >= 0.6 is 0 Å². The molecule has 1 fully saturated rings. The second kappa shape index (κ2) is 17.5. The number of carbonyl (C=O) groups excluding carboxylic acids is 2. The predicted octanol–water partition coefficient (Wildman–Crippen LogP) is 6.45. The third-order valence-electron chi connectivity index (χ3n) is 8.71. The molecule has 9 nitrogen and oxygen atoms in total. The summed E-state index contributed by atoms with van der Waals surface area (Å²) in [6.07, 6.45) is -4.74. The monoisotopic (exact) mass is 747 g/mol. The first-order valence-electron chi connectivity index (χ1n) is 16.6. The Bertz CT molecular complexity index is 1780. The van der Waals surface area contributed by atoms with Crippen LogP contribution in [-0.2, 0) is 20.7 Å². The maximum atomic E-state index is 15.2. The second-order valence-corrected chi connectivity index (χ2v) is 12.5. The lowest BCUT2D eigenvalue weighted by Crippen LogP contribution is -2.49. The van der Waals surface area contributed by atoms with Crippen molar-refractivity contribution in [1.29, 1.82) is 0 Å². The fourth-order valence-corrected chi connectivity index (χ4v) is 6.05. The lowest BCUT2D eigenvalue weighted by molar-refractivity contribution is -0.140. The molecule has 4 aromatic rings. The Morgan fingerprint density at radius 1 is 0.887 bits per heavy atom. The number of primary amides is 1. The van der Waals surface area contributed by atoms with Crippen molar-refractivity contribution in [2.75, 3.05) is 25.1 Å². The minimum atomic E-state index is -4.62. The Kier molecular flexibility index (Phi) is 12.9. The van der Waals surface area contributed by atoms with E-state index in [4.69, 9.17) is 15.2 Å². The molecular formula is C37H36F7N5O4. The third kappa shape index (κ3) is 11.1. The molecule has 2 amide bonds. The first-order chi connectivity index (χ1) is 25.3. The largest absolute Gasteiger partial charge is 0.448 e. The van der Waals surface area contributed by atoms with Gasteiger partial charge < -0.3 is 31.2 Å². The number of alkyl carbamates (subject to hydrolysis) is 1. The smallest absolute Gasteiger partial charge is 0.407 e. The third-order valence-corrected chi connectivity index (χ3v) is 8.71. The highest BCUT2D eigenvalue weighted by Crippen LogP contribution is 2.33. The van der Waals surface area contributed by atoms with Crippen LogP contribution in [0, 0.1) is 23.3 Å². The maximum absolute atomic E-state index is 15.2. The Morgan fingerprint density at radius 3 is 1.96 bits per heavy atom. The number of rotatable bonds is 14. The summed E-state index contributed by atoms with van der Waals surface area (Å²) in [5.74, 6) is -3.95. The number of halogens is 7. The van der Waals surface area contributed by atoms with Crippen molar-refractivity contribution >= 4 is 17.7 Å². The average molecular weight is 748 g/mol. The summed E-state index contributed by atoms with van der Waals surface area (Å²) in [6, 6.07) is 11.9. The van der Waals surface area contributed by atoms with Crippen LogP contribution < -0.4 is 21.7 Å². The Labute approximate surface area is 300 Å². The van der Waals surface area contributed by atoms with Crippen LogP contribution in [0.1, 0.15) is 47.1 Å². The normalized spacial score (nSPS) is 17.2. The van der Waals surface area contributed by atoms with Gasteiger partial charge >= 0.3 is 12.3 Å². The number of carbonyl (C=O) groups is 2. The van der Waals surface area contributed by atoms with Crippen molar-refractivity contribution in [3.05, 3.63) is 131 Å². The molecule has 0 radical (unpaired) electrons. The van der Waals surface area contributed by atoms with Crippen LogP contribution in [0.5, 0.6) is 0 Å². The van der Waals surface area contributed by atoms with Crippen molar-refractivity contribution in [2.45, 2.75) is 55.6 Å². The maximum Gasteiger partial charge on any atom is 0.407 e. The Hall–Kier alpha value is -5.22. The molecule has 0 saturated carbocycles. The van der Waals surface area contributed by atoms with Crippen molar-refractivity contribution in [1.82, 2.24) is 15.6 Å². The Balaban J connectivity index is 1.18. The van der Waals surface area contributed by atoms with E-state index in [0.29, 0.717) is 17.5 Å². The van der Waals surface area contributed by atoms with Crippen LogP contribution in [-0.4, -0.2) is 61.1 Å². The number of nitrogens with zero attached hydrogens (tertiary/aromatic N) is 1. The molecule has 1 aliphatic heterocycles. The highest BCUT2D eigenvalue weighted by atomic mass is 19.4. The number of hydrogen-bond acceptors (Lipinski definition) is 7. The molecule has 53 heavy (non-hydrogen) atoms. The van der Waals surface area contributed by atoms with Gasteiger partial charge in [0.2, 0.25) is 5.91 Å². The minimum absolute atomic E-state index is 0.0531. The Morgan fingerprint density at radius 2 is 1.45 bits per heavy atom. The highest BCUT2D eigenvalue weighted by molar-refractivity contribution is 5.85. The van der Waals surface area contributed by atoms with Gasteiger partial charge in [0.1, 0.15) is 35.9 Å². The van der Waals surface area contributed by atoms with Gasteiger partial charge in [-0.05, 0) is 65.9 Å². The minimum Gasteiger partial charge on any atom is -0.448 e. The molecule has 2 heterocycles. The van der Waals surface area contributed by atoms with Crippen LogP contribution in [0.3, 0.4) is 0 Å². The molecule has 4 atom stereocenters. The zero-order chi connectivity index (χ0) is 38.1. The molecule has 0 bridgehead atoms. The zero-order valence-corrected chi connectivity index (χ0v) is 28.0. The van der Waals surface area contributed by atoms with E-state index in [1.165, 1.54) is 54.7 Å². The summed E-state index contributed by atoms with van der Waals surface area (Å²) in [5, 5.41) is 8.34.